The second-order valence-corrected chi connectivity index (χ2v) is 29.1. The molecule has 16 heterocycles. The zero-order valence-corrected chi connectivity index (χ0v) is 49.6. The van der Waals surface area contributed by atoms with Gasteiger partial charge >= 0.3 is 0 Å². The molecule has 78 heavy (non-hydrogen) atoms. The predicted octanol–water partition coefficient (Wildman–Crippen LogP) is 12.7. The van der Waals surface area contributed by atoms with Crippen molar-refractivity contribution in [1.29, 1.82) is 0 Å². The molecule has 16 heteroatoms. The van der Waals surface area contributed by atoms with Crippen LogP contribution in [-0.4, -0.2) is 82.9 Å². The summed E-state index contributed by atoms with van der Waals surface area (Å²) in [6.07, 6.45) is 18.8. The minimum atomic E-state index is -0.656. The average Bonchev–Trinajstić information content (AvgIpc) is 4.14. The second kappa shape index (κ2) is 19.7. The molecule has 20 aliphatic rings. The molecule has 16 aliphatic heterocycles. The van der Waals surface area contributed by atoms with Gasteiger partial charge in [-0.15, -0.1) is 0 Å². The van der Waals surface area contributed by atoms with Crippen molar-refractivity contribution in [2.45, 2.75) is 283 Å². The minimum Gasteiger partial charge on any atom is -0.469 e. The molecule has 19 fully saturated rings. The Hall–Kier alpha value is -1.19. The molecule has 16 nitrogen and oxygen atoms in total. The van der Waals surface area contributed by atoms with Gasteiger partial charge in [0.1, 0.15) is 5.92 Å². The van der Waals surface area contributed by atoms with Crippen molar-refractivity contribution in [2.75, 3.05) is 0 Å². The molecule has 8 bridgehead atoms. The molecule has 20 rings (SSSR count). The van der Waals surface area contributed by atoms with Crippen LogP contribution in [0.15, 0.2) is 11.8 Å². The SMILES string of the molecule is CC1=CO[C@@H]2O[C@@]3(C)CC[C@H]4[C@H](C)CC[C@@H]1[C@@]24OO3.CC1O[C@@H]2O[C@@]3(C)CC[C@H]4[C@H](C)CC[C@@H]([C@H]1C)[C@@]24OO3.C[C@@H]1CC[C@H]2[C@@H](C)[CH+]O[C@@H]3O[C@@]4(C)CC[C@@H]1[C@]32OO4.C[C@H]1[C@H](C)O[C@@H]2O[C@@]3(C)CC[C@H]4[C@H](C)CC[C@@H]1[C@@]24OO3. The van der Waals surface area contributed by atoms with E-state index < -0.39 is 34.4 Å². The van der Waals surface area contributed by atoms with Crippen molar-refractivity contribution in [1.82, 2.24) is 0 Å². The first-order valence-electron chi connectivity index (χ1n) is 31.3. The highest BCUT2D eigenvalue weighted by Gasteiger charge is 2.73. The van der Waals surface area contributed by atoms with Crippen LogP contribution in [0.4, 0.5) is 0 Å². The lowest BCUT2D eigenvalue weighted by Crippen LogP contribution is -2.70. The van der Waals surface area contributed by atoms with Gasteiger partial charge in [0.15, 0.2) is 35.0 Å². The van der Waals surface area contributed by atoms with Crippen molar-refractivity contribution in [3.05, 3.63) is 18.4 Å². The van der Waals surface area contributed by atoms with Gasteiger partial charge in [-0.25, -0.2) is 39.1 Å². The van der Waals surface area contributed by atoms with E-state index in [-0.39, 0.29) is 48.6 Å². The summed E-state index contributed by atoms with van der Waals surface area (Å²) in [6.45, 7) is 32.4. The highest BCUT2D eigenvalue weighted by atomic mass is 17.3. The van der Waals surface area contributed by atoms with Crippen LogP contribution >= 0.6 is 0 Å². The third-order valence-electron chi connectivity index (χ3n) is 24.4. The van der Waals surface area contributed by atoms with Gasteiger partial charge in [-0.1, -0.05) is 41.5 Å². The summed E-state index contributed by atoms with van der Waals surface area (Å²) in [7, 11) is 0. The van der Waals surface area contributed by atoms with Crippen molar-refractivity contribution in [3.8, 4) is 0 Å². The molecule has 0 aromatic rings. The number of fused-ring (bicyclic) bond motifs is 8. The van der Waals surface area contributed by atoms with E-state index in [9.17, 15) is 0 Å². The van der Waals surface area contributed by atoms with Crippen LogP contribution in [0.2, 0.25) is 0 Å². The van der Waals surface area contributed by atoms with Crippen molar-refractivity contribution < 1.29 is 77.0 Å². The molecule has 15 saturated heterocycles. The van der Waals surface area contributed by atoms with Crippen LogP contribution in [0.25, 0.3) is 0 Å². The van der Waals surface area contributed by atoms with Crippen molar-refractivity contribution in [3.63, 3.8) is 0 Å². The number of ether oxygens (including phenoxy) is 8. The Bertz CT molecular complexity index is 2170. The Labute approximate surface area is 465 Å². The molecule has 4 spiro atoms. The largest absolute Gasteiger partial charge is 0.469 e. The molecular formula is C62H97O16+. The molecule has 4 aliphatic carbocycles. The predicted molar refractivity (Wildman–Crippen MR) is 280 cm³/mol. The molecule has 4 saturated carbocycles. The smallest absolute Gasteiger partial charge is 0.243 e. The zero-order chi connectivity index (χ0) is 54.7. The first-order valence-corrected chi connectivity index (χ1v) is 31.3. The molecule has 0 amide bonds. The van der Waals surface area contributed by atoms with Crippen LogP contribution in [-0.2, 0) is 77.0 Å². The fraction of sp³-hybridized carbons (Fsp3) is 0.952. The van der Waals surface area contributed by atoms with E-state index in [1.54, 1.807) is 0 Å². The van der Waals surface area contributed by atoms with Crippen LogP contribution in [0.1, 0.15) is 200 Å². The third kappa shape index (κ3) is 8.36. The topological polar surface area (TPSA) is 148 Å². The quantitative estimate of drug-likeness (QED) is 0.167. The van der Waals surface area contributed by atoms with Gasteiger partial charge in [0.2, 0.25) is 42.3 Å². The first-order chi connectivity index (χ1) is 37.0. The Morgan fingerprint density at radius 2 is 0.744 bits per heavy atom. The molecule has 29 atom stereocenters. The van der Waals surface area contributed by atoms with Crippen LogP contribution in [0.3, 0.4) is 0 Å². The maximum absolute atomic E-state index is 6.23. The highest BCUT2D eigenvalue weighted by molar-refractivity contribution is 5.20. The fourth-order valence-corrected chi connectivity index (χ4v) is 19.4. The lowest BCUT2D eigenvalue weighted by molar-refractivity contribution is -0.570. The molecule has 0 aromatic carbocycles. The lowest BCUT2D eigenvalue weighted by Gasteiger charge is -2.60. The van der Waals surface area contributed by atoms with E-state index in [1.807, 2.05) is 40.6 Å². The third-order valence-corrected chi connectivity index (χ3v) is 24.4. The van der Waals surface area contributed by atoms with E-state index in [0.29, 0.717) is 88.8 Å². The molecular weight excluding hydrogens is 1000 g/mol. The number of hydrogen-bond donors (Lipinski definition) is 0. The molecule has 0 N–H and O–H groups in total. The van der Waals surface area contributed by atoms with Crippen molar-refractivity contribution in [2.24, 2.45) is 88.8 Å². The Morgan fingerprint density at radius 3 is 1.19 bits per heavy atom. The fourth-order valence-electron chi connectivity index (χ4n) is 19.4. The summed E-state index contributed by atoms with van der Waals surface area (Å²) in [5, 5.41) is 0. The van der Waals surface area contributed by atoms with Crippen molar-refractivity contribution >= 4 is 0 Å². The average molecular weight is 1100 g/mol. The number of hydrogen-bond acceptors (Lipinski definition) is 16. The van der Waals surface area contributed by atoms with Gasteiger partial charge in [0.05, 0.1) is 18.5 Å². The van der Waals surface area contributed by atoms with Gasteiger partial charge in [0.25, 0.3) is 0 Å². The second-order valence-electron chi connectivity index (χ2n) is 29.1. The van der Waals surface area contributed by atoms with E-state index in [4.69, 9.17) is 77.0 Å². The van der Waals surface area contributed by atoms with Gasteiger partial charge in [0, 0.05) is 55.3 Å². The van der Waals surface area contributed by atoms with E-state index >= 15 is 0 Å². The molecule has 0 aromatic heterocycles. The summed E-state index contributed by atoms with van der Waals surface area (Å²) in [5.74, 6) is 4.94. The van der Waals surface area contributed by atoms with E-state index in [0.717, 1.165) is 57.8 Å². The lowest BCUT2D eigenvalue weighted by atomic mass is 9.57. The molecule has 1 unspecified atom stereocenters. The Morgan fingerprint density at radius 1 is 0.385 bits per heavy atom. The Kier molecular flexibility index (Phi) is 14.1. The van der Waals surface area contributed by atoms with E-state index in [2.05, 4.69) is 69.2 Å². The van der Waals surface area contributed by atoms with Gasteiger partial charge < -0.3 is 33.2 Å². The summed E-state index contributed by atoms with van der Waals surface area (Å²) < 4.78 is 48.9. The first kappa shape index (κ1) is 56.0. The monoisotopic (exact) mass is 1100 g/mol. The van der Waals surface area contributed by atoms with Crippen LogP contribution in [0, 0.1) is 95.4 Å². The van der Waals surface area contributed by atoms with Crippen LogP contribution in [0.5, 0.6) is 0 Å². The van der Waals surface area contributed by atoms with Gasteiger partial charge in [-0.2, -0.15) is 4.74 Å². The summed E-state index contributed by atoms with van der Waals surface area (Å²) in [4.78, 5) is 47.0. The van der Waals surface area contributed by atoms with Gasteiger partial charge in [-0.3, -0.25) is 0 Å². The molecule has 0 radical (unpaired) electrons. The highest BCUT2D eigenvalue weighted by Crippen LogP contribution is 2.65. The minimum absolute atomic E-state index is 0.219. The standard InChI is InChI=1S/2C16H26O4.C15H23O4.C15H22O4/c2*1-9-5-6-13-10(2)11(3)17-14-16(13)12(9)7-8-15(4,18-14)19-20-16;2*1-9-4-5-11-10(2)8-16-13-15(11)12(9)6-7-14(3,17-13)18-19-15/h2*9-14H,5-8H2,1-4H3;8-13H,4-7H2,1-3H3;8-9,11-13H,4-7H2,1-3H3/q;;+1;/t9-,10+,11?,12+,13+,14-,15-,16-;9-,10+,11+,12+,13+,14-,15-,16-;9-,10+,11+,12+,13-,14-,15+;9-,11+,12+,13-,14-,15+/m1111/s1. The zero-order valence-electron chi connectivity index (χ0n) is 49.6. The maximum Gasteiger partial charge on any atom is 0.243 e. The van der Waals surface area contributed by atoms with E-state index in [1.165, 1.54) is 50.5 Å². The van der Waals surface area contributed by atoms with Crippen LogP contribution < -0.4 is 0 Å². The summed E-state index contributed by atoms with van der Waals surface area (Å²) in [5.41, 5.74) is -0.362. The van der Waals surface area contributed by atoms with Gasteiger partial charge in [-0.05, 0) is 191 Å². The normalized spacial score (nSPS) is 59.9. The maximum atomic E-state index is 6.23. The molecule has 440 valence electrons. The number of rotatable bonds is 0. The summed E-state index contributed by atoms with van der Waals surface area (Å²) in [6, 6.07) is 0. The Balaban J connectivity index is 0.0000000989. The summed E-state index contributed by atoms with van der Waals surface area (Å²) >= 11 is 0.